The second-order valence-electron chi connectivity index (χ2n) is 5.18. The molecule has 0 aliphatic carbocycles. The van der Waals surface area contributed by atoms with Crippen molar-refractivity contribution < 1.29 is 4.74 Å². The Balaban J connectivity index is 2.14. The average molecular weight is 370 g/mol. The van der Waals surface area contributed by atoms with Gasteiger partial charge in [-0.25, -0.2) is 0 Å². The van der Waals surface area contributed by atoms with Crippen LogP contribution in [0, 0.1) is 5.92 Å². The summed E-state index contributed by atoms with van der Waals surface area (Å²) in [6.45, 7) is 6.02. The molecule has 21 heavy (non-hydrogen) atoms. The topological polar surface area (TPSA) is 34.2 Å². The fraction of sp³-hybridized carbons (Fsp3) is 0.312. The van der Waals surface area contributed by atoms with E-state index in [1.165, 1.54) is 0 Å². The number of nitrogens with zero attached hydrogens (tertiary/aromatic N) is 1. The lowest BCUT2D eigenvalue weighted by atomic mass is 10.2. The number of ether oxygens (including phenoxy) is 1. The van der Waals surface area contributed by atoms with Crippen LogP contribution in [0.1, 0.15) is 19.4 Å². The Labute approximate surface area is 138 Å². The number of pyridine rings is 1. The Hall–Kier alpha value is -1.10. The number of benzene rings is 1. The van der Waals surface area contributed by atoms with Crippen molar-refractivity contribution in [2.45, 2.75) is 20.4 Å². The third-order valence-corrected chi connectivity index (χ3v) is 3.65. The van der Waals surface area contributed by atoms with E-state index < -0.39 is 0 Å². The zero-order valence-electron chi connectivity index (χ0n) is 12.1. The lowest BCUT2D eigenvalue weighted by Gasteiger charge is -2.13. The Bertz CT molecular complexity index is 605. The van der Waals surface area contributed by atoms with Crippen molar-refractivity contribution in [1.82, 2.24) is 10.3 Å². The van der Waals surface area contributed by atoms with Crippen LogP contribution in [0.5, 0.6) is 11.5 Å². The molecule has 0 saturated heterocycles. The van der Waals surface area contributed by atoms with Gasteiger partial charge in [-0.2, -0.15) is 0 Å². The van der Waals surface area contributed by atoms with E-state index in [1.54, 1.807) is 12.3 Å². The van der Waals surface area contributed by atoms with Gasteiger partial charge in [0, 0.05) is 29.0 Å². The molecule has 0 atom stereocenters. The summed E-state index contributed by atoms with van der Waals surface area (Å²) in [5.41, 5.74) is 1.01. The minimum absolute atomic E-state index is 0.580. The Morgan fingerprint density at radius 3 is 2.86 bits per heavy atom. The molecule has 0 saturated carbocycles. The fourth-order valence-electron chi connectivity index (χ4n) is 1.82. The van der Waals surface area contributed by atoms with Gasteiger partial charge in [0.2, 0.25) is 0 Å². The highest BCUT2D eigenvalue weighted by Gasteiger charge is 2.08. The maximum Gasteiger partial charge on any atom is 0.147 e. The molecular formula is C16H18BrClN2O. The number of nitrogens with one attached hydrogen (secondary N) is 1. The van der Waals surface area contributed by atoms with Gasteiger partial charge in [0.15, 0.2) is 0 Å². The summed E-state index contributed by atoms with van der Waals surface area (Å²) in [6.07, 6.45) is 3.53. The van der Waals surface area contributed by atoms with Gasteiger partial charge in [-0.3, -0.25) is 4.98 Å². The number of aromatic nitrogens is 1. The molecule has 1 heterocycles. The summed E-state index contributed by atoms with van der Waals surface area (Å²) in [5.74, 6) is 1.99. The first kappa shape index (κ1) is 16.3. The summed E-state index contributed by atoms with van der Waals surface area (Å²) in [7, 11) is 0. The molecule has 0 bridgehead atoms. The zero-order chi connectivity index (χ0) is 15.2. The van der Waals surface area contributed by atoms with E-state index in [2.05, 4.69) is 40.1 Å². The Kier molecular flexibility index (Phi) is 6.03. The van der Waals surface area contributed by atoms with Crippen molar-refractivity contribution in [3.63, 3.8) is 0 Å². The average Bonchev–Trinajstić information content (AvgIpc) is 2.44. The second-order valence-corrected chi connectivity index (χ2v) is 6.51. The van der Waals surface area contributed by atoms with E-state index in [4.69, 9.17) is 16.3 Å². The molecule has 3 nitrogen and oxygen atoms in total. The van der Waals surface area contributed by atoms with Gasteiger partial charge in [0.05, 0.1) is 5.02 Å². The lowest BCUT2D eigenvalue weighted by molar-refractivity contribution is 0.468. The van der Waals surface area contributed by atoms with Gasteiger partial charge in [-0.05, 0) is 36.7 Å². The first-order chi connectivity index (χ1) is 10.1. The molecule has 0 spiro atoms. The number of halogens is 2. The van der Waals surface area contributed by atoms with Crippen molar-refractivity contribution in [2.24, 2.45) is 5.92 Å². The van der Waals surface area contributed by atoms with Crippen molar-refractivity contribution in [3.05, 3.63) is 51.7 Å². The highest BCUT2D eigenvalue weighted by molar-refractivity contribution is 9.10. The summed E-state index contributed by atoms with van der Waals surface area (Å²) in [5, 5.41) is 3.97. The fourth-order valence-corrected chi connectivity index (χ4v) is 2.31. The van der Waals surface area contributed by atoms with Gasteiger partial charge >= 0.3 is 0 Å². The van der Waals surface area contributed by atoms with Crippen molar-refractivity contribution >= 4 is 27.5 Å². The first-order valence-corrected chi connectivity index (χ1v) is 8.00. The van der Waals surface area contributed by atoms with Gasteiger partial charge in [0.1, 0.15) is 11.5 Å². The van der Waals surface area contributed by atoms with E-state index >= 15 is 0 Å². The third-order valence-electron chi connectivity index (χ3n) is 2.84. The summed E-state index contributed by atoms with van der Waals surface area (Å²) < 4.78 is 6.86. The van der Waals surface area contributed by atoms with Gasteiger partial charge in [0.25, 0.3) is 0 Å². The molecule has 2 aromatic rings. The Morgan fingerprint density at radius 1 is 1.29 bits per heavy atom. The summed E-state index contributed by atoms with van der Waals surface area (Å²) in [6, 6.07) is 7.39. The molecule has 0 amide bonds. The van der Waals surface area contributed by atoms with Crippen LogP contribution >= 0.6 is 27.5 Å². The van der Waals surface area contributed by atoms with E-state index in [1.807, 2.05) is 24.4 Å². The predicted molar refractivity (Wildman–Crippen MR) is 90.0 cm³/mol. The molecule has 1 aromatic carbocycles. The molecule has 0 aliphatic heterocycles. The van der Waals surface area contributed by atoms with Crippen molar-refractivity contribution in [2.75, 3.05) is 6.54 Å². The van der Waals surface area contributed by atoms with Gasteiger partial charge in [-0.1, -0.05) is 41.4 Å². The molecule has 0 radical (unpaired) electrons. The lowest BCUT2D eigenvalue weighted by Crippen LogP contribution is -2.19. The van der Waals surface area contributed by atoms with E-state index in [-0.39, 0.29) is 0 Å². The smallest absolute Gasteiger partial charge is 0.147 e. The Morgan fingerprint density at radius 2 is 2.10 bits per heavy atom. The number of hydrogen-bond donors (Lipinski definition) is 1. The SMILES string of the molecule is CC(C)CNCc1cnccc1Oc1cc(Br)ccc1Cl. The highest BCUT2D eigenvalue weighted by Crippen LogP contribution is 2.33. The van der Waals surface area contributed by atoms with Crippen LogP contribution in [0.25, 0.3) is 0 Å². The van der Waals surface area contributed by atoms with Crippen LogP contribution < -0.4 is 10.1 Å². The molecule has 112 valence electrons. The quantitative estimate of drug-likeness (QED) is 0.775. The normalized spacial score (nSPS) is 10.9. The van der Waals surface area contributed by atoms with Crippen molar-refractivity contribution in [3.8, 4) is 11.5 Å². The van der Waals surface area contributed by atoms with Crippen LogP contribution in [0.3, 0.4) is 0 Å². The maximum absolute atomic E-state index is 6.17. The van der Waals surface area contributed by atoms with Crippen LogP contribution in [-0.2, 0) is 6.54 Å². The molecule has 0 unspecified atom stereocenters. The van der Waals surface area contributed by atoms with Crippen molar-refractivity contribution in [1.29, 1.82) is 0 Å². The van der Waals surface area contributed by atoms with Crippen LogP contribution in [0.4, 0.5) is 0 Å². The van der Waals surface area contributed by atoms with Crippen LogP contribution in [0.15, 0.2) is 41.1 Å². The van der Waals surface area contributed by atoms with Gasteiger partial charge < -0.3 is 10.1 Å². The van der Waals surface area contributed by atoms with E-state index in [9.17, 15) is 0 Å². The van der Waals surface area contributed by atoms with E-state index in [0.29, 0.717) is 23.2 Å². The van der Waals surface area contributed by atoms with Gasteiger partial charge in [-0.15, -0.1) is 0 Å². The highest BCUT2D eigenvalue weighted by atomic mass is 79.9. The molecule has 5 heteroatoms. The summed E-state index contributed by atoms with van der Waals surface area (Å²) >= 11 is 9.59. The molecule has 0 fully saturated rings. The molecule has 0 aliphatic rings. The standard InChI is InChI=1S/C16H18BrClN2O/c1-11(2)8-20-10-12-9-19-6-5-15(12)21-16-7-13(17)3-4-14(16)18/h3-7,9,11,20H,8,10H2,1-2H3. The second kappa shape index (κ2) is 7.78. The minimum atomic E-state index is 0.580. The van der Waals surface area contributed by atoms with E-state index in [0.717, 1.165) is 22.3 Å². The third kappa shape index (κ3) is 4.99. The van der Waals surface area contributed by atoms with Crippen LogP contribution in [-0.4, -0.2) is 11.5 Å². The molecular weight excluding hydrogens is 352 g/mol. The molecule has 1 N–H and O–H groups in total. The van der Waals surface area contributed by atoms with Crippen LogP contribution in [0.2, 0.25) is 5.02 Å². The largest absolute Gasteiger partial charge is 0.455 e. The summed E-state index contributed by atoms with van der Waals surface area (Å²) in [4.78, 5) is 4.16. The predicted octanol–water partition coefficient (Wildman–Crippen LogP) is 5.04. The number of rotatable bonds is 6. The zero-order valence-corrected chi connectivity index (χ0v) is 14.4. The maximum atomic E-state index is 6.17. The monoisotopic (exact) mass is 368 g/mol. The molecule has 2 rings (SSSR count). The first-order valence-electron chi connectivity index (χ1n) is 6.82. The minimum Gasteiger partial charge on any atom is -0.455 e. The molecule has 1 aromatic heterocycles. The number of hydrogen-bond acceptors (Lipinski definition) is 3.